The van der Waals surface area contributed by atoms with Crippen LogP contribution in [0.3, 0.4) is 0 Å². The van der Waals surface area contributed by atoms with E-state index in [1.54, 1.807) is 0 Å². The first-order valence-corrected chi connectivity index (χ1v) is 4.89. The van der Waals surface area contributed by atoms with Gasteiger partial charge in [-0.15, -0.1) is 0 Å². The third-order valence-electron chi connectivity index (χ3n) is 2.76. The van der Waals surface area contributed by atoms with Gasteiger partial charge in [0.2, 0.25) is 0 Å². The van der Waals surface area contributed by atoms with Crippen LogP contribution in [0, 0.1) is 0 Å². The summed E-state index contributed by atoms with van der Waals surface area (Å²) in [5.74, 6) is 0.544. The Bertz CT molecular complexity index is 258. The van der Waals surface area contributed by atoms with Crippen LogP contribution in [0.25, 0.3) is 0 Å². The van der Waals surface area contributed by atoms with Crippen molar-refractivity contribution in [2.45, 2.75) is 18.4 Å². The molecule has 13 heavy (non-hydrogen) atoms. The molecule has 0 aliphatic carbocycles. The third kappa shape index (κ3) is 1.90. The summed E-state index contributed by atoms with van der Waals surface area (Å²) in [5.41, 5.74) is 7.43. The van der Waals surface area contributed by atoms with E-state index in [9.17, 15) is 0 Å². The van der Waals surface area contributed by atoms with Gasteiger partial charge < -0.3 is 11.1 Å². The van der Waals surface area contributed by atoms with Crippen LogP contribution >= 0.6 is 0 Å². The standard InChI is InChI=1S/C11H16N2/c12-11-8-13-7-6-10(11)9-4-2-1-3-5-9/h1-5,10-11,13H,6-8,12H2. The fraction of sp³-hybridized carbons (Fsp3) is 0.455. The Hall–Kier alpha value is -0.860. The third-order valence-corrected chi connectivity index (χ3v) is 2.76. The molecule has 2 atom stereocenters. The van der Waals surface area contributed by atoms with Crippen LogP contribution in [-0.2, 0) is 0 Å². The predicted molar refractivity (Wildman–Crippen MR) is 54.6 cm³/mol. The Morgan fingerprint density at radius 3 is 2.69 bits per heavy atom. The van der Waals surface area contributed by atoms with Gasteiger partial charge >= 0.3 is 0 Å². The van der Waals surface area contributed by atoms with E-state index in [0.29, 0.717) is 5.92 Å². The maximum Gasteiger partial charge on any atom is 0.0235 e. The first-order valence-electron chi connectivity index (χ1n) is 4.89. The van der Waals surface area contributed by atoms with Crippen molar-refractivity contribution in [3.8, 4) is 0 Å². The zero-order chi connectivity index (χ0) is 9.10. The zero-order valence-electron chi connectivity index (χ0n) is 7.74. The molecule has 2 rings (SSSR count). The fourth-order valence-electron chi connectivity index (χ4n) is 2.00. The van der Waals surface area contributed by atoms with Crippen molar-refractivity contribution in [1.82, 2.24) is 5.32 Å². The molecular weight excluding hydrogens is 160 g/mol. The first kappa shape index (κ1) is 8.73. The molecule has 1 aliphatic heterocycles. The lowest BCUT2D eigenvalue weighted by atomic mass is 9.87. The van der Waals surface area contributed by atoms with Crippen molar-refractivity contribution < 1.29 is 0 Å². The number of rotatable bonds is 1. The minimum Gasteiger partial charge on any atom is -0.326 e. The number of piperidine rings is 1. The van der Waals surface area contributed by atoms with Crippen LogP contribution < -0.4 is 11.1 Å². The molecule has 0 amide bonds. The summed E-state index contributed by atoms with van der Waals surface area (Å²) in [6.45, 7) is 2.03. The SMILES string of the molecule is NC1CNCCC1c1ccccc1. The van der Waals surface area contributed by atoms with Gasteiger partial charge in [-0.3, -0.25) is 0 Å². The lowest BCUT2D eigenvalue weighted by molar-refractivity contribution is 0.403. The molecule has 1 saturated heterocycles. The predicted octanol–water partition coefficient (Wildman–Crippen LogP) is 1.09. The van der Waals surface area contributed by atoms with Crippen molar-refractivity contribution >= 4 is 0 Å². The fourth-order valence-corrected chi connectivity index (χ4v) is 2.00. The summed E-state index contributed by atoms with van der Waals surface area (Å²) < 4.78 is 0. The monoisotopic (exact) mass is 176 g/mol. The summed E-state index contributed by atoms with van der Waals surface area (Å²) >= 11 is 0. The van der Waals surface area contributed by atoms with Gasteiger partial charge in [-0.25, -0.2) is 0 Å². The maximum atomic E-state index is 6.05. The van der Waals surface area contributed by atoms with E-state index in [1.807, 2.05) is 0 Å². The Labute approximate surface area is 79.1 Å². The van der Waals surface area contributed by atoms with E-state index in [4.69, 9.17) is 5.73 Å². The molecule has 70 valence electrons. The quantitative estimate of drug-likeness (QED) is 0.672. The topological polar surface area (TPSA) is 38.0 Å². The Morgan fingerprint density at radius 1 is 1.23 bits per heavy atom. The second-order valence-electron chi connectivity index (χ2n) is 3.67. The lowest BCUT2D eigenvalue weighted by Crippen LogP contribution is -2.44. The van der Waals surface area contributed by atoms with Crippen LogP contribution in [0.15, 0.2) is 30.3 Å². The molecule has 0 saturated carbocycles. The van der Waals surface area contributed by atoms with E-state index < -0.39 is 0 Å². The number of hydrogen-bond acceptors (Lipinski definition) is 2. The highest BCUT2D eigenvalue weighted by Gasteiger charge is 2.22. The second kappa shape index (κ2) is 3.90. The zero-order valence-corrected chi connectivity index (χ0v) is 7.74. The molecule has 0 bridgehead atoms. The minimum absolute atomic E-state index is 0.274. The van der Waals surface area contributed by atoms with Gasteiger partial charge in [0.1, 0.15) is 0 Å². The normalized spacial score (nSPS) is 28.7. The van der Waals surface area contributed by atoms with E-state index >= 15 is 0 Å². The van der Waals surface area contributed by atoms with Crippen molar-refractivity contribution in [3.63, 3.8) is 0 Å². The van der Waals surface area contributed by atoms with Gasteiger partial charge in [0, 0.05) is 18.5 Å². The molecule has 0 radical (unpaired) electrons. The van der Waals surface area contributed by atoms with Gasteiger partial charge in [0.25, 0.3) is 0 Å². The summed E-state index contributed by atoms with van der Waals surface area (Å²) in [7, 11) is 0. The van der Waals surface area contributed by atoms with Gasteiger partial charge in [0.15, 0.2) is 0 Å². The smallest absolute Gasteiger partial charge is 0.0235 e. The van der Waals surface area contributed by atoms with Crippen LogP contribution in [0.2, 0.25) is 0 Å². The van der Waals surface area contributed by atoms with Gasteiger partial charge in [-0.05, 0) is 18.5 Å². The molecule has 2 unspecified atom stereocenters. The average Bonchev–Trinajstić information content (AvgIpc) is 2.20. The number of nitrogens with one attached hydrogen (secondary N) is 1. The van der Waals surface area contributed by atoms with Crippen LogP contribution in [-0.4, -0.2) is 19.1 Å². The number of nitrogens with two attached hydrogens (primary N) is 1. The van der Waals surface area contributed by atoms with E-state index in [-0.39, 0.29) is 6.04 Å². The maximum absolute atomic E-state index is 6.05. The van der Waals surface area contributed by atoms with Crippen LogP contribution in [0.5, 0.6) is 0 Å². The largest absolute Gasteiger partial charge is 0.326 e. The molecule has 1 aromatic rings. The minimum atomic E-state index is 0.274. The average molecular weight is 176 g/mol. The van der Waals surface area contributed by atoms with E-state index in [0.717, 1.165) is 19.5 Å². The molecule has 0 spiro atoms. The highest BCUT2D eigenvalue weighted by Crippen LogP contribution is 2.23. The summed E-state index contributed by atoms with van der Waals surface area (Å²) in [4.78, 5) is 0. The van der Waals surface area contributed by atoms with Gasteiger partial charge in [0.05, 0.1) is 0 Å². The van der Waals surface area contributed by atoms with E-state index in [1.165, 1.54) is 5.56 Å². The molecule has 0 aromatic heterocycles. The van der Waals surface area contributed by atoms with Crippen molar-refractivity contribution in [1.29, 1.82) is 0 Å². The van der Waals surface area contributed by atoms with Crippen molar-refractivity contribution in [3.05, 3.63) is 35.9 Å². The molecule has 2 nitrogen and oxygen atoms in total. The van der Waals surface area contributed by atoms with Gasteiger partial charge in [-0.2, -0.15) is 0 Å². The summed E-state index contributed by atoms with van der Waals surface area (Å²) in [6.07, 6.45) is 1.16. The molecule has 1 fully saturated rings. The van der Waals surface area contributed by atoms with Gasteiger partial charge in [-0.1, -0.05) is 30.3 Å². The highest BCUT2D eigenvalue weighted by atomic mass is 14.9. The molecule has 1 aromatic carbocycles. The highest BCUT2D eigenvalue weighted by molar-refractivity contribution is 5.22. The molecule has 3 N–H and O–H groups in total. The van der Waals surface area contributed by atoms with Crippen LogP contribution in [0.4, 0.5) is 0 Å². The van der Waals surface area contributed by atoms with Crippen molar-refractivity contribution in [2.75, 3.05) is 13.1 Å². The molecule has 2 heteroatoms. The van der Waals surface area contributed by atoms with Crippen LogP contribution in [0.1, 0.15) is 17.9 Å². The number of hydrogen-bond donors (Lipinski definition) is 2. The number of benzene rings is 1. The summed E-state index contributed by atoms with van der Waals surface area (Å²) in [6, 6.07) is 10.9. The Morgan fingerprint density at radius 2 is 2.00 bits per heavy atom. The molecule has 1 heterocycles. The first-order chi connectivity index (χ1) is 6.38. The second-order valence-corrected chi connectivity index (χ2v) is 3.67. The molecular formula is C11H16N2. The van der Waals surface area contributed by atoms with Crippen molar-refractivity contribution in [2.24, 2.45) is 5.73 Å². The summed E-state index contributed by atoms with van der Waals surface area (Å²) in [5, 5.41) is 3.31. The lowest BCUT2D eigenvalue weighted by Gasteiger charge is -2.29. The Balaban J connectivity index is 2.15. The van der Waals surface area contributed by atoms with E-state index in [2.05, 4.69) is 35.6 Å². The molecule has 1 aliphatic rings. The Kier molecular flexibility index (Phi) is 2.62.